The second-order valence-corrected chi connectivity index (χ2v) is 6.44. The number of anilines is 1. The smallest absolute Gasteiger partial charge is 0.235 e. The largest absolute Gasteiger partial charge is 0.490 e. The van der Waals surface area contributed by atoms with E-state index in [1.165, 1.54) is 5.56 Å². The monoisotopic (exact) mass is 261 g/mol. The van der Waals surface area contributed by atoms with Crippen molar-refractivity contribution in [2.75, 3.05) is 18.6 Å². The fraction of sp³-hybridized carbons (Fsp3) is 0.562. The Morgan fingerprint density at radius 2 is 2.05 bits per heavy atom. The molecule has 2 rings (SSSR count). The van der Waals surface area contributed by atoms with E-state index in [1.54, 1.807) is 4.90 Å². The number of nitrogens with zero attached hydrogens (tertiary/aromatic N) is 1. The third-order valence-corrected chi connectivity index (χ3v) is 3.50. The van der Waals surface area contributed by atoms with E-state index in [9.17, 15) is 4.79 Å². The highest BCUT2D eigenvalue weighted by Gasteiger charge is 2.36. The zero-order valence-corrected chi connectivity index (χ0v) is 12.5. The molecule has 1 heterocycles. The van der Waals surface area contributed by atoms with E-state index in [0.29, 0.717) is 12.5 Å². The molecule has 0 bridgehead atoms. The minimum atomic E-state index is -0.480. The average molecular weight is 261 g/mol. The van der Waals surface area contributed by atoms with E-state index >= 15 is 0 Å². The molecule has 0 spiro atoms. The maximum absolute atomic E-state index is 12.4. The van der Waals surface area contributed by atoms with Gasteiger partial charge in [0.25, 0.3) is 0 Å². The van der Waals surface area contributed by atoms with Crippen molar-refractivity contribution in [3.63, 3.8) is 0 Å². The van der Waals surface area contributed by atoms with Gasteiger partial charge in [0.1, 0.15) is 12.4 Å². The first kappa shape index (κ1) is 13.9. The molecule has 1 aromatic rings. The zero-order chi connectivity index (χ0) is 14.2. The molecule has 0 fully saturated rings. The summed E-state index contributed by atoms with van der Waals surface area (Å²) in [4.78, 5) is 14.1. The summed E-state index contributed by atoms with van der Waals surface area (Å²) in [6.07, 6.45) is 1.01. The molecular formula is C16H23NO2. The summed E-state index contributed by atoms with van der Waals surface area (Å²) >= 11 is 0. The number of carbonyl (C=O) groups excluding carboxylic acids is 1. The van der Waals surface area contributed by atoms with Crippen molar-refractivity contribution in [3.8, 4) is 5.75 Å². The number of rotatable bonds is 2. The second-order valence-electron chi connectivity index (χ2n) is 6.44. The highest BCUT2D eigenvalue weighted by molar-refractivity contribution is 5.98. The molecule has 0 radical (unpaired) electrons. The van der Waals surface area contributed by atoms with Gasteiger partial charge in [0.05, 0.1) is 11.1 Å². The summed E-state index contributed by atoms with van der Waals surface area (Å²) in [7, 11) is 1.83. The first-order chi connectivity index (χ1) is 8.81. The van der Waals surface area contributed by atoms with Crippen LogP contribution in [-0.2, 0) is 11.2 Å². The average Bonchev–Trinajstić information content (AvgIpc) is 2.41. The molecule has 1 aliphatic rings. The summed E-state index contributed by atoms with van der Waals surface area (Å²) in [5.41, 5.74) is 1.65. The lowest BCUT2D eigenvalue weighted by atomic mass is 9.93. The number of ether oxygens (including phenoxy) is 1. The third-order valence-electron chi connectivity index (χ3n) is 3.50. The van der Waals surface area contributed by atoms with Crippen LogP contribution >= 0.6 is 0 Å². The van der Waals surface area contributed by atoms with Crippen LogP contribution in [0.1, 0.15) is 33.3 Å². The Morgan fingerprint density at radius 1 is 1.37 bits per heavy atom. The first-order valence-electron chi connectivity index (χ1n) is 6.85. The van der Waals surface area contributed by atoms with E-state index in [2.05, 4.69) is 26.0 Å². The van der Waals surface area contributed by atoms with E-state index in [1.807, 2.05) is 27.0 Å². The van der Waals surface area contributed by atoms with E-state index in [0.717, 1.165) is 17.9 Å². The quantitative estimate of drug-likeness (QED) is 0.817. The van der Waals surface area contributed by atoms with Gasteiger partial charge in [-0.25, -0.2) is 0 Å². The number of fused-ring (bicyclic) bond motifs is 1. The number of hydrogen-bond acceptors (Lipinski definition) is 2. The standard InChI is InChI=1S/C16H23NO2/c1-11(2)8-12-6-7-14-13(9-12)17(5)15(18)16(3,4)10-19-14/h6-7,9,11H,8,10H2,1-5H3. The van der Waals surface area contributed by atoms with E-state index < -0.39 is 5.41 Å². The van der Waals surface area contributed by atoms with Crippen LogP contribution in [0.15, 0.2) is 18.2 Å². The first-order valence-corrected chi connectivity index (χ1v) is 6.85. The SMILES string of the molecule is CC(C)Cc1ccc2c(c1)N(C)C(=O)C(C)(C)CO2. The number of benzene rings is 1. The molecule has 19 heavy (non-hydrogen) atoms. The minimum Gasteiger partial charge on any atom is -0.490 e. The molecule has 0 aromatic heterocycles. The number of carbonyl (C=O) groups is 1. The lowest BCUT2D eigenvalue weighted by Gasteiger charge is -2.24. The summed E-state index contributed by atoms with van der Waals surface area (Å²) in [5.74, 6) is 1.50. The van der Waals surface area contributed by atoms with E-state index in [-0.39, 0.29) is 5.91 Å². The molecule has 0 saturated carbocycles. The van der Waals surface area contributed by atoms with Crippen LogP contribution < -0.4 is 9.64 Å². The van der Waals surface area contributed by atoms with Crippen LogP contribution in [0.2, 0.25) is 0 Å². The van der Waals surface area contributed by atoms with Gasteiger partial charge in [-0.05, 0) is 43.9 Å². The van der Waals surface area contributed by atoms with Gasteiger partial charge in [0.2, 0.25) is 5.91 Å². The van der Waals surface area contributed by atoms with E-state index in [4.69, 9.17) is 4.74 Å². The topological polar surface area (TPSA) is 29.5 Å². The highest BCUT2D eigenvalue weighted by Crippen LogP contribution is 2.36. The maximum Gasteiger partial charge on any atom is 0.235 e. The highest BCUT2D eigenvalue weighted by atomic mass is 16.5. The Balaban J connectivity index is 2.39. The molecule has 0 aliphatic carbocycles. The van der Waals surface area contributed by atoms with Crippen LogP contribution in [0.3, 0.4) is 0 Å². The van der Waals surface area contributed by atoms with Crippen molar-refractivity contribution in [2.45, 2.75) is 34.1 Å². The number of amides is 1. The van der Waals surface area contributed by atoms with Crippen LogP contribution in [0.5, 0.6) is 5.75 Å². The Morgan fingerprint density at radius 3 is 2.68 bits per heavy atom. The molecule has 0 saturated heterocycles. The van der Waals surface area contributed by atoms with Crippen molar-refractivity contribution < 1.29 is 9.53 Å². The van der Waals surface area contributed by atoms with Crippen molar-refractivity contribution in [2.24, 2.45) is 11.3 Å². The molecule has 0 N–H and O–H groups in total. The molecule has 1 amide bonds. The Labute approximate surface area is 115 Å². The van der Waals surface area contributed by atoms with Gasteiger partial charge in [0.15, 0.2) is 0 Å². The summed E-state index contributed by atoms with van der Waals surface area (Å²) in [5, 5.41) is 0. The molecule has 104 valence electrons. The fourth-order valence-corrected chi connectivity index (χ4v) is 2.43. The predicted octanol–water partition coefficient (Wildman–Crippen LogP) is 3.27. The Bertz CT molecular complexity index is 492. The second kappa shape index (κ2) is 4.87. The fourth-order valence-electron chi connectivity index (χ4n) is 2.43. The van der Waals surface area contributed by atoms with Crippen LogP contribution in [0.25, 0.3) is 0 Å². The molecule has 1 aliphatic heterocycles. The molecule has 0 unspecified atom stereocenters. The van der Waals surface area contributed by atoms with Gasteiger partial charge in [-0.15, -0.1) is 0 Å². The summed E-state index contributed by atoms with van der Waals surface area (Å²) in [6.45, 7) is 8.66. The molecular weight excluding hydrogens is 238 g/mol. The van der Waals surface area contributed by atoms with Crippen molar-refractivity contribution in [1.82, 2.24) is 0 Å². The van der Waals surface area contributed by atoms with Gasteiger partial charge in [-0.1, -0.05) is 19.9 Å². The minimum absolute atomic E-state index is 0.105. The van der Waals surface area contributed by atoms with Crippen molar-refractivity contribution >= 4 is 11.6 Å². The Hall–Kier alpha value is -1.51. The van der Waals surface area contributed by atoms with Crippen molar-refractivity contribution in [1.29, 1.82) is 0 Å². The van der Waals surface area contributed by atoms with Gasteiger partial charge in [-0.3, -0.25) is 4.79 Å². The predicted molar refractivity (Wildman–Crippen MR) is 77.7 cm³/mol. The molecule has 3 heteroatoms. The van der Waals surface area contributed by atoms with Gasteiger partial charge >= 0.3 is 0 Å². The summed E-state index contributed by atoms with van der Waals surface area (Å²) < 4.78 is 5.80. The van der Waals surface area contributed by atoms with Crippen LogP contribution in [0.4, 0.5) is 5.69 Å². The van der Waals surface area contributed by atoms with Crippen LogP contribution in [-0.4, -0.2) is 19.6 Å². The molecule has 3 nitrogen and oxygen atoms in total. The zero-order valence-electron chi connectivity index (χ0n) is 12.5. The van der Waals surface area contributed by atoms with Crippen molar-refractivity contribution in [3.05, 3.63) is 23.8 Å². The molecule has 1 aromatic carbocycles. The van der Waals surface area contributed by atoms with Gasteiger partial charge in [0, 0.05) is 7.05 Å². The lowest BCUT2D eigenvalue weighted by Crippen LogP contribution is -2.39. The molecule has 0 atom stereocenters. The maximum atomic E-state index is 12.4. The Kier molecular flexibility index (Phi) is 3.57. The van der Waals surface area contributed by atoms with Crippen LogP contribution in [0, 0.1) is 11.3 Å². The summed E-state index contributed by atoms with van der Waals surface area (Å²) in [6, 6.07) is 6.16. The normalized spacial score (nSPS) is 18.0. The number of hydrogen-bond donors (Lipinski definition) is 0. The van der Waals surface area contributed by atoms with Gasteiger partial charge < -0.3 is 9.64 Å². The van der Waals surface area contributed by atoms with Gasteiger partial charge in [-0.2, -0.15) is 0 Å². The third kappa shape index (κ3) is 2.75. The lowest BCUT2D eigenvalue weighted by molar-refractivity contribution is -0.127.